The Balaban J connectivity index is 1.81. The highest BCUT2D eigenvalue weighted by Gasteiger charge is 2.14. The Kier molecular flexibility index (Phi) is 4.23. The number of carbonyl (C=O) groups is 1. The maximum Gasteiger partial charge on any atom is 0.277 e. The molecule has 0 unspecified atom stereocenters. The van der Waals surface area contributed by atoms with Crippen LogP contribution in [0.4, 0.5) is 5.69 Å². The van der Waals surface area contributed by atoms with Crippen LogP contribution in [-0.2, 0) is 0 Å². The van der Waals surface area contributed by atoms with E-state index in [2.05, 4.69) is 10.3 Å². The van der Waals surface area contributed by atoms with Crippen LogP contribution < -0.4 is 5.32 Å². The Morgan fingerprint density at radius 1 is 1.13 bits per heavy atom. The van der Waals surface area contributed by atoms with Crippen LogP contribution in [0.25, 0.3) is 11.5 Å². The fourth-order valence-electron chi connectivity index (χ4n) is 1.92. The molecule has 7 heteroatoms. The number of benzene rings is 2. The molecule has 0 fully saturated rings. The van der Waals surface area contributed by atoms with E-state index < -0.39 is 5.91 Å². The van der Waals surface area contributed by atoms with Crippen LogP contribution in [0.3, 0.4) is 0 Å². The van der Waals surface area contributed by atoms with E-state index in [1.165, 1.54) is 18.4 Å². The molecular weight excluding hydrogens is 339 g/mol. The number of halogens is 2. The average Bonchev–Trinajstić information content (AvgIpc) is 3.00. The first kappa shape index (κ1) is 15.4. The minimum absolute atomic E-state index is 0.0550. The zero-order valence-corrected chi connectivity index (χ0v) is 13.1. The van der Waals surface area contributed by atoms with Crippen molar-refractivity contribution in [2.75, 3.05) is 5.32 Å². The van der Waals surface area contributed by atoms with Gasteiger partial charge in [-0.2, -0.15) is 0 Å². The van der Waals surface area contributed by atoms with Crippen LogP contribution in [0.1, 0.15) is 10.5 Å². The van der Waals surface area contributed by atoms with Gasteiger partial charge in [0.05, 0.1) is 10.0 Å². The fraction of sp³-hybridized carbons (Fsp3) is 0. The van der Waals surface area contributed by atoms with E-state index >= 15 is 0 Å². The Bertz CT molecular complexity index is 877. The summed E-state index contributed by atoms with van der Waals surface area (Å²) in [5.74, 6) is -0.144. The van der Waals surface area contributed by atoms with E-state index in [4.69, 9.17) is 27.6 Å². The van der Waals surface area contributed by atoms with Crippen LogP contribution in [0.5, 0.6) is 5.75 Å². The number of amides is 1. The molecule has 0 radical (unpaired) electrons. The maximum absolute atomic E-state index is 12.1. The average molecular weight is 349 g/mol. The molecule has 0 spiro atoms. The number of phenols is 1. The number of hydrogen-bond acceptors (Lipinski definition) is 4. The van der Waals surface area contributed by atoms with Gasteiger partial charge in [0, 0.05) is 17.3 Å². The van der Waals surface area contributed by atoms with Crippen LogP contribution >= 0.6 is 23.2 Å². The lowest BCUT2D eigenvalue weighted by Crippen LogP contribution is -2.12. The summed E-state index contributed by atoms with van der Waals surface area (Å²) in [6, 6.07) is 11.1. The van der Waals surface area contributed by atoms with Gasteiger partial charge in [0.25, 0.3) is 5.91 Å². The first-order chi connectivity index (χ1) is 11.0. The molecule has 0 saturated carbocycles. The van der Waals surface area contributed by atoms with E-state index in [-0.39, 0.29) is 17.3 Å². The van der Waals surface area contributed by atoms with Crippen molar-refractivity contribution in [3.63, 3.8) is 0 Å². The number of anilines is 1. The van der Waals surface area contributed by atoms with Gasteiger partial charge in [-0.15, -0.1) is 0 Å². The molecule has 0 aliphatic rings. The normalized spacial score (nSPS) is 10.5. The number of aromatic nitrogens is 1. The summed E-state index contributed by atoms with van der Waals surface area (Å²) in [7, 11) is 0. The molecule has 3 rings (SSSR count). The number of hydrogen-bond donors (Lipinski definition) is 2. The first-order valence-electron chi connectivity index (χ1n) is 6.54. The molecule has 3 aromatic rings. The van der Waals surface area contributed by atoms with E-state index in [1.54, 1.807) is 30.3 Å². The van der Waals surface area contributed by atoms with E-state index in [0.717, 1.165) is 0 Å². The highest BCUT2D eigenvalue weighted by Crippen LogP contribution is 2.28. The molecule has 0 atom stereocenters. The predicted octanol–water partition coefficient (Wildman–Crippen LogP) is 4.61. The Morgan fingerprint density at radius 2 is 1.96 bits per heavy atom. The van der Waals surface area contributed by atoms with Crippen LogP contribution in [0.15, 0.2) is 53.1 Å². The number of aromatic hydroxyl groups is 1. The lowest BCUT2D eigenvalue weighted by molar-refractivity contribution is 0.102. The second kappa shape index (κ2) is 6.32. The van der Waals surface area contributed by atoms with Crippen molar-refractivity contribution in [3.8, 4) is 17.2 Å². The number of phenolic OH excluding ortho intramolecular Hbond substituents is 1. The van der Waals surface area contributed by atoms with Gasteiger partial charge in [-0.3, -0.25) is 4.79 Å². The van der Waals surface area contributed by atoms with Crippen molar-refractivity contribution in [2.24, 2.45) is 0 Å². The lowest BCUT2D eigenvalue weighted by atomic mass is 10.2. The van der Waals surface area contributed by atoms with Gasteiger partial charge in [0.2, 0.25) is 5.89 Å². The highest BCUT2D eigenvalue weighted by atomic mass is 35.5. The molecule has 1 aromatic heterocycles. The lowest BCUT2D eigenvalue weighted by Gasteiger charge is -2.02. The van der Waals surface area contributed by atoms with E-state index in [9.17, 15) is 9.90 Å². The quantitative estimate of drug-likeness (QED) is 0.724. The summed E-state index contributed by atoms with van der Waals surface area (Å²) < 4.78 is 5.31. The molecule has 1 heterocycles. The summed E-state index contributed by atoms with van der Waals surface area (Å²) >= 11 is 11.8. The van der Waals surface area contributed by atoms with Crippen molar-refractivity contribution in [1.82, 2.24) is 4.98 Å². The smallest absolute Gasteiger partial charge is 0.277 e. The summed E-state index contributed by atoms with van der Waals surface area (Å²) in [6.07, 6.45) is 1.25. The molecule has 2 aromatic carbocycles. The Morgan fingerprint density at radius 3 is 2.70 bits per heavy atom. The molecule has 116 valence electrons. The third-order valence-corrected chi connectivity index (χ3v) is 3.75. The molecular formula is C16H10Cl2N2O3. The summed E-state index contributed by atoms with van der Waals surface area (Å²) in [4.78, 5) is 16.3. The minimum Gasteiger partial charge on any atom is -0.508 e. The molecule has 0 aliphatic heterocycles. The second-order valence-electron chi connectivity index (χ2n) is 4.67. The largest absolute Gasteiger partial charge is 0.508 e. The van der Waals surface area contributed by atoms with Gasteiger partial charge >= 0.3 is 0 Å². The monoisotopic (exact) mass is 348 g/mol. The topological polar surface area (TPSA) is 75.4 Å². The third-order valence-electron chi connectivity index (χ3n) is 3.01. The van der Waals surface area contributed by atoms with Crippen molar-refractivity contribution in [1.29, 1.82) is 0 Å². The Hall–Kier alpha value is -2.50. The third kappa shape index (κ3) is 3.47. The second-order valence-corrected chi connectivity index (χ2v) is 5.49. The number of rotatable bonds is 3. The zero-order chi connectivity index (χ0) is 16.4. The SMILES string of the molecule is O=C(Nc1cccc(O)c1)c1coc(-c2ccc(Cl)c(Cl)c2)n1. The van der Waals surface area contributed by atoms with Gasteiger partial charge in [-0.05, 0) is 30.3 Å². The van der Waals surface area contributed by atoms with Crippen molar-refractivity contribution in [3.05, 3.63) is 64.5 Å². The zero-order valence-electron chi connectivity index (χ0n) is 11.6. The molecule has 23 heavy (non-hydrogen) atoms. The summed E-state index contributed by atoms with van der Waals surface area (Å²) in [5.41, 5.74) is 1.17. The molecule has 0 aliphatic carbocycles. The van der Waals surface area contributed by atoms with Crippen molar-refractivity contribution in [2.45, 2.75) is 0 Å². The van der Waals surface area contributed by atoms with Gasteiger partial charge in [0.1, 0.15) is 12.0 Å². The summed E-state index contributed by atoms with van der Waals surface area (Å²) in [6.45, 7) is 0. The van der Waals surface area contributed by atoms with Crippen LogP contribution in [-0.4, -0.2) is 16.0 Å². The molecule has 2 N–H and O–H groups in total. The fourth-order valence-corrected chi connectivity index (χ4v) is 2.22. The van der Waals surface area contributed by atoms with E-state index in [0.29, 0.717) is 21.3 Å². The maximum atomic E-state index is 12.1. The van der Waals surface area contributed by atoms with Gasteiger partial charge in [-0.25, -0.2) is 4.98 Å². The number of carbonyl (C=O) groups excluding carboxylic acids is 1. The van der Waals surface area contributed by atoms with E-state index in [1.807, 2.05) is 0 Å². The van der Waals surface area contributed by atoms with Crippen LogP contribution in [0.2, 0.25) is 10.0 Å². The molecule has 0 bridgehead atoms. The van der Waals surface area contributed by atoms with Crippen molar-refractivity contribution >= 4 is 34.8 Å². The first-order valence-corrected chi connectivity index (χ1v) is 7.30. The minimum atomic E-state index is -0.453. The molecule has 1 amide bonds. The van der Waals surface area contributed by atoms with Gasteiger partial charge < -0.3 is 14.8 Å². The van der Waals surface area contributed by atoms with Crippen molar-refractivity contribution < 1.29 is 14.3 Å². The number of nitrogens with one attached hydrogen (secondary N) is 1. The molecule has 5 nitrogen and oxygen atoms in total. The number of nitrogens with zero attached hydrogens (tertiary/aromatic N) is 1. The highest BCUT2D eigenvalue weighted by molar-refractivity contribution is 6.42. The Labute approximate surface area is 141 Å². The predicted molar refractivity (Wildman–Crippen MR) is 88.0 cm³/mol. The molecule has 0 saturated heterocycles. The standard InChI is InChI=1S/C16H10Cl2N2O3/c17-12-5-4-9(6-13(12)18)16-20-14(8-23-16)15(22)19-10-2-1-3-11(21)7-10/h1-8,21H,(H,19,22). The van der Waals surface area contributed by atoms with Gasteiger partial charge in [0.15, 0.2) is 5.69 Å². The number of oxazole rings is 1. The summed E-state index contributed by atoms with van der Waals surface area (Å²) in [5, 5.41) is 12.8. The van der Waals surface area contributed by atoms with Crippen LogP contribution in [0, 0.1) is 0 Å². The van der Waals surface area contributed by atoms with Gasteiger partial charge in [-0.1, -0.05) is 29.3 Å².